The van der Waals surface area contributed by atoms with Crippen LogP contribution >= 0.6 is 0 Å². The van der Waals surface area contributed by atoms with Gasteiger partial charge in [0.2, 0.25) is 0 Å². The number of nitrogens with zero attached hydrogens (tertiary/aromatic N) is 1. The molecular formula is C14H20N2O5. The summed E-state index contributed by atoms with van der Waals surface area (Å²) in [6.45, 7) is 3.22. The lowest BCUT2D eigenvalue weighted by molar-refractivity contribution is -0.150. The summed E-state index contributed by atoms with van der Waals surface area (Å²) in [4.78, 5) is 26.5. The summed E-state index contributed by atoms with van der Waals surface area (Å²) >= 11 is 0. The highest BCUT2D eigenvalue weighted by molar-refractivity contribution is 5.71. The number of aromatic nitrogens is 1. The molecule has 0 bridgehead atoms. The van der Waals surface area contributed by atoms with Crippen LogP contribution in [-0.2, 0) is 20.8 Å². The van der Waals surface area contributed by atoms with Crippen molar-refractivity contribution in [3.8, 4) is 0 Å². The number of alkyl carbamates (subject to hydrolysis) is 1. The van der Waals surface area contributed by atoms with E-state index in [0.29, 0.717) is 0 Å². The summed E-state index contributed by atoms with van der Waals surface area (Å²) in [6.07, 6.45) is 1.56. The monoisotopic (exact) mass is 296 g/mol. The third-order valence-corrected chi connectivity index (χ3v) is 2.46. The number of amides is 1. The van der Waals surface area contributed by atoms with E-state index in [2.05, 4.69) is 10.3 Å². The minimum absolute atomic E-state index is 0.201. The lowest BCUT2D eigenvalue weighted by atomic mass is 10.2. The fourth-order valence-electron chi connectivity index (χ4n) is 1.29. The summed E-state index contributed by atoms with van der Waals surface area (Å²) in [7, 11) is 0. The molecule has 0 aromatic carbocycles. The van der Waals surface area contributed by atoms with Gasteiger partial charge in [0.25, 0.3) is 0 Å². The van der Waals surface area contributed by atoms with E-state index in [-0.39, 0.29) is 25.7 Å². The maximum absolute atomic E-state index is 11.4. The third-order valence-electron chi connectivity index (χ3n) is 2.46. The number of aliphatic hydroxyl groups is 1. The van der Waals surface area contributed by atoms with E-state index in [9.17, 15) is 14.7 Å². The Morgan fingerprint density at radius 3 is 2.67 bits per heavy atom. The normalized spacial score (nSPS) is 11.8. The van der Waals surface area contributed by atoms with Crippen LogP contribution in [0.3, 0.4) is 0 Å². The summed E-state index contributed by atoms with van der Waals surface area (Å²) in [5.74, 6) is -0.670. The quantitative estimate of drug-likeness (QED) is 0.724. The smallest absolute Gasteiger partial charge is 0.407 e. The number of pyridine rings is 1. The van der Waals surface area contributed by atoms with Gasteiger partial charge in [0.05, 0.1) is 5.92 Å². The summed E-state index contributed by atoms with van der Waals surface area (Å²) in [5, 5.41) is 12.0. The molecule has 1 heterocycles. The molecule has 1 unspecified atom stereocenters. The van der Waals surface area contributed by atoms with Crippen molar-refractivity contribution in [3.05, 3.63) is 30.1 Å². The Morgan fingerprint density at radius 2 is 2.05 bits per heavy atom. The van der Waals surface area contributed by atoms with E-state index >= 15 is 0 Å². The largest absolute Gasteiger partial charge is 0.463 e. The second kappa shape index (κ2) is 8.91. The number of aliphatic hydroxyl groups excluding tert-OH is 1. The molecule has 0 radical (unpaired) electrons. The Balaban J connectivity index is 2.16. The fraction of sp³-hybridized carbons (Fsp3) is 0.500. The van der Waals surface area contributed by atoms with Crippen LogP contribution in [0.1, 0.15) is 19.4 Å². The van der Waals surface area contributed by atoms with E-state index in [1.807, 2.05) is 6.07 Å². The lowest BCUT2D eigenvalue weighted by Gasteiger charge is -2.13. The zero-order chi connectivity index (χ0) is 15.7. The number of carbonyl (C=O) groups is 2. The Bertz CT molecular complexity index is 450. The van der Waals surface area contributed by atoms with Gasteiger partial charge in [0, 0.05) is 18.9 Å². The van der Waals surface area contributed by atoms with Crippen molar-refractivity contribution >= 4 is 12.1 Å². The van der Waals surface area contributed by atoms with Crippen LogP contribution in [0.15, 0.2) is 24.5 Å². The van der Waals surface area contributed by atoms with E-state index in [1.165, 1.54) is 0 Å². The molecule has 1 rings (SSSR count). The Kier molecular flexibility index (Phi) is 7.17. The zero-order valence-electron chi connectivity index (χ0n) is 12.1. The van der Waals surface area contributed by atoms with Gasteiger partial charge in [-0.1, -0.05) is 19.9 Å². The van der Waals surface area contributed by atoms with Crippen molar-refractivity contribution in [2.75, 3.05) is 13.2 Å². The van der Waals surface area contributed by atoms with Gasteiger partial charge in [0.15, 0.2) is 0 Å². The molecule has 0 fully saturated rings. The molecule has 116 valence electrons. The van der Waals surface area contributed by atoms with Gasteiger partial charge < -0.3 is 19.9 Å². The average molecular weight is 296 g/mol. The first-order valence-corrected chi connectivity index (χ1v) is 6.63. The number of carbonyl (C=O) groups excluding carboxylic acids is 2. The number of hydrogen-bond acceptors (Lipinski definition) is 6. The molecule has 1 atom stereocenters. The number of nitrogens with one attached hydrogen (secondary N) is 1. The SMILES string of the molecule is CC(C)C(=O)OCC(O)COC(=O)NCc1cccnc1. The summed E-state index contributed by atoms with van der Waals surface area (Å²) in [5.41, 5.74) is 0.834. The number of rotatable bonds is 7. The molecule has 0 aliphatic carbocycles. The molecule has 7 nitrogen and oxygen atoms in total. The lowest BCUT2D eigenvalue weighted by Crippen LogP contribution is -2.30. The standard InChI is InChI=1S/C14H20N2O5/c1-10(2)13(18)20-8-12(17)9-21-14(19)16-7-11-4-3-5-15-6-11/h3-6,10,12,17H,7-9H2,1-2H3,(H,16,19). The van der Waals surface area contributed by atoms with Crippen LogP contribution in [0.2, 0.25) is 0 Å². The minimum atomic E-state index is -1.04. The second-order valence-electron chi connectivity index (χ2n) is 4.75. The molecule has 1 aromatic heterocycles. The average Bonchev–Trinajstić information content (AvgIpc) is 2.49. The maximum Gasteiger partial charge on any atom is 0.407 e. The number of hydrogen-bond donors (Lipinski definition) is 2. The zero-order valence-corrected chi connectivity index (χ0v) is 12.1. The molecule has 0 saturated heterocycles. The molecule has 1 aromatic rings. The first-order valence-electron chi connectivity index (χ1n) is 6.63. The predicted molar refractivity (Wildman–Crippen MR) is 74.2 cm³/mol. The highest BCUT2D eigenvalue weighted by Gasteiger charge is 2.13. The van der Waals surface area contributed by atoms with Gasteiger partial charge in [-0.15, -0.1) is 0 Å². The van der Waals surface area contributed by atoms with Gasteiger partial charge in [-0.2, -0.15) is 0 Å². The number of ether oxygens (including phenoxy) is 2. The van der Waals surface area contributed by atoms with Gasteiger partial charge in [-0.25, -0.2) is 4.79 Å². The highest BCUT2D eigenvalue weighted by Crippen LogP contribution is 1.98. The molecule has 0 aliphatic heterocycles. The van der Waals surface area contributed by atoms with Gasteiger partial charge >= 0.3 is 12.1 Å². The number of esters is 1. The summed E-state index contributed by atoms with van der Waals surface area (Å²) in [6, 6.07) is 3.57. The Morgan fingerprint density at radius 1 is 1.33 bits per heavy atom. The van der Waals surface area contributed by atoms with Gasteiger partial charge in [-0.05, 0) is 11.6 Å². The van der Waals surface area contributed by atoms with Crippen LogP contribution in [-0.4, -0.2) is 41.5 Å². The molecule has 21 heavy (non-hydrogen) atoms. The van der Waals surface area contributed by atoms with Crippen molar-refractivity contribution < 1.29 is 24.2 Å². The van der Waals surface area contributed by atoms with Crippen molar-refractivity contribution in [1.82, 2.24) is 10.3 Å². The molecule has 0 saturated carbocycles. The van der Waals surface area contributed by atoms with Gasteiger partial charge in [-0.3, -0.25) is 9.78 Å². The summed E-state index contributed by atoms with van der Waals surface area (Å²) < 4.78 is 9.62. The maximum atomic E-state index is 11.4. The van der Waals surface area contributed by atoms with Crippen molar-refractivity contribution in [2.24, 2.45) is 5.92 Å². The molecule has 0 aliphatic rings. The van der Waals surface area contributed by atoms with Crippen LogP contribution in [0.5, 0.6) is 0 Å². The third kappa shape index (κ3) is 7.26. The second-order valence-corrected chi connectivity index (χ2v) is 4.75. The van der Waals surface area contributed by atoms with Crippen LogP contribution < -0.4 is 5.32 Å². The first kappa shape index (κ1) is 16.9. The van der Waals surface area contributed by atoms with E-state index in [4.69, 9.17) is 9.47 Å². The topological polar surface area (TPSA) is 97.8 Å². The van der Waals surface area contributed by atoms with Crippen molar-refractivity contribution in [2.45, 2.75) is 26.5 Å². The Labute approximate surface area is 123 Å². The van der Waals surface area contributed by atoms with Crippen LogP contribution in [0.25, 0.3) is 0 Å². The Hall–Kier alpha value is -2.15. The molecule has 0 spiro atoms. The predicted octanol–water partition coefficient (Wildman–Crippen LogP) is 0.868. The van der Waals surface area contributed by atoms with E-state index in [0.717, 1.165) is 5.56 Å². The minimum Gasteiger partial charge on any atom is -0.463 e. The highest BCUT2D eigenvalue weighted by atomic mass is 16.6. The molecule has 7 heteroatoms. The van der Waals surface area contributed by atoms with Crippen molar-refractivity contribution in [3.63, 3.8) is 0 Å². The molecular weight excluding hydrogens is 276 g/mol. The van der Waals surface area contributed by atoms with E-state index in [1.54, 1.807) is 32.3 Å². The molecule has 1 amide bonds. The first-order chi connectivity index (χ1) is 9.99. The van der Waals surface area contributed by atoms with E-state index < -0.39 is 18.2 Å². The fourth-order valence-corrected chi connectivity index (χ4v) is 1.29. The van der Waals surface area contributed by atoms with Crippen LogP contribution in [0.4, 0.5) is 4.79 Å². The van der Waals surface area contributed by atoms with Gasteiger partial charge in [0.1, 0.15) is 19.3 Å². The molecule has 2 N–H and O–H groups in total. The van der Waals surface area contributed by atoms with Crippen molar-refractivity contribution in [1.29, 1.82) is 0 Å². The van der Waals surface area contributed by atoms with Crippen LogP contribution in [0, 0.1) is 5.92 Å².